The summed E-state index contributed by atoms with van der Waals surface area (Å²) in [4.78, 5) is 11.1. The van der Waals surface area contributed by atoms with Crippen molar-refractivity contribution in [2.45, 2.75) is 12.6 Å². The normalized spacial score (nSPS) is 12.3. The largest absolute Gasteiger partial charge is 0.476 e. The molecule has 20 heavy (non-hydrogen) atoms. The Morgan fingerprint density at radius 2 is 2.00 bits per heavy atom. The van der Waals surface area contributed by atoms with E-state index in [-0.39, 0.29) is 17.9 Å². The highest BCUT2D eigenvalue weighted by Crippen LogP contribution is 2.23. The highest BCUT2D eigenvalue weighted by atomic mass is 19.1. The van der Waals surface area contributed by atoms with Crippen molar-refractivity contribution in [3.05, 3.63) is 35.8 Å². The van der Waals surface area contributed by atoms with Gasteiger partial charge in [0.15, 0.2) is 5.69 Å². The van der Waals surface area contributed by atoms with Gasteiger partial charge in [0.2, 0.25) is 0 Å². The minimum Gasteiger partial charge on any atom is -0.476 e. The van der Waals surface area contributed by atoms with Crippen LogP contribution in [-0.2, 0) is 6.54 Å². The van der Waals surface area contributed by atoms with Gasteiger partial charge in [0.1, 0.15) is 11.5 Å². The molecule has 0 fully saturated rings. The fraction of sp³-hybridized carbons (Fsp3) is 0.250. The van der Waals surface area contributed by atoms with E-state index in [1.807, 2.05) is 0 Å². The third-order valence-electron chi connectivity index (χ3n) is 2.65. The quantitative estimate of drug-likeness (QED) is 0.719. The van der Waals surface area contributed by atoms with Crippen LogP contribution in [0.25, 0.3) is 11.3 Å². The Morgan fingerprint density at radius 3 is 2.55 bits per heavy atom. The van der Waals surface area contributed by atoms with Crippen molar-refractivity contribution in [2.24, 2.45) is 0 Å². The van der Waals surface area contributed by atoms with E-state index in [4.69, 9.17) is 10.2 Å². The molecule has 0 amide bonds. The van der Waals surface area contributed by atoms with E-state index >= 15 is 0 Å². The molecule has 2 rings (SSSR count). The smallest absolute Gasteiger partial charge is 0.358 e. The number of benzene rings is 1. The van der Waals surface area contributed by atoms with Crippen LogP contribution >= 0.6 is 0 Å². The van der Waals surface area contributed by atoms with Crippen molar-refractivity contribution in [3.8, 4) is 11.3 Å². The third kappa shape index (κ3) is 2.81. The van der Waals surface area contributed by atoms with Crippen LogP contribution in [0.2, 0.25) is 0 Å². The molecule has 1 atom stereocenters. The van der Waals surface area contributed by atoms with Crippen LogP contribution in [0.3, 0.4) is 0 Å². The van der Waals surface area contributed by atoms with E-state index in [0.717, 1.165) is 4.68 Å². The SMILES string of the molecule is O=C(O)c1nnn(CC(O)CO)c1-c1ccc(F)cc1. The van der Waals surface area contributed by atoms with E-state index in [2.05, 4.69) is 10.3 Å². The number of aromatic carboxylic acids is 1. The van der Waals surface area contributed by atoms with Gasteiger partial charge >= 0.3 is 5.97 Å². The van der Waals surface area contributed by atoms with Crippen LogP contribution in [-0.4, -0.2) is 49.0 Å². The molecular formula is C12H12FN3O4. The molecule has 0 spiro atoms. The standard InChI is InChI=1S/C12H12FN3O4/c13-8-3-1-7(2-4-8)11-10(12(19)20)14-15-16(11)5-9(18)6-17/h1-4,9,17-18H,5-6H2,(H,19,20). The number of carbonyl (C=O) groups is 1. The molecule has 8 heteroatoms. The molecule has 106 valence electrons. The fourth-order valence-electron chi connectivity index (χ4n) is 1.74. The van der Waals surface area contributed by atoms with Crippen molar-refractivity contribution in [1.82, 2.24) is 15.0 Å². The first-order valence-corrected chi connectivity index (χ1v) is 5.74. The van der Waals surface area contributed by atoms with E-state index in [0.29, 0.717) is 5.56 Å². The lowest BCUT2D eigenvalue weighted by Gasteiger charge is -2.10. The van der Waals surface area contributed by atoms with Crippen LogP contribution < -0.4 is 0 Å². The molecule has 0 saturated carbocycles. The molecule has 1 aromatic carbocycles. The number of carboxylic acid groups (broad SMARTS) is 1. The Bertz CT molecular complexity index is 612. The van der Waals surface area contributed by atoms with Gasteiger partial charge < -0.3 is 15.3 Å². The number of aliphatic hydroxyl groups excluding tert-OH is 2. The second-order valence-corrected chi connectivity index (χ2v) is 4.12. The van der Waals surface area contributed by atoms with E-state index in [9.17, 15) is 14.3 Å². The lowest BCUT2D eigenvalue weighted by molar-refractivity contribution is 0.0690. The summed E-state index contributed by atoms with van der Waals surface area (Å²) in [6, 6.07) is 5.14. The van der Waals surface area contributed by atoms with Gasteiger partial charge in [0, 0.05) is 5.56 Å². The molecule has 0 aliphatic carbocycles. The molecule has 0 radical (unpaired) electrons. The summed E-state index contributed by atoms with van der Waals surface area (Å²) in [5.74, 6) is -1.74. The van der Waals surface area contributed by atoms with Crippen molar-refractivity contribution in [3.63, 3.8) is 0 Å². The number of hydrogen-bond acceptors (Lipinski definition) is 5. The van der Waals surface area contributed by atoms with Gasteiger partial charge in [0.25, 0.3) is 0 Å². The van der Waals surface area contributed by atoms with Gasteiger partial charge in [-0.3, -0.25) is 0 Å². The van der Waals surface area contributed by atoms with Crippen molar-refractivity contribution in [1.29, 1.82) is 0 Å². The molecule has 0 aliphatic heterocycles. The van der Waals surface area contributed by atoms with E-state index in [1.54, 1.807) is 0 Å². The summed E-state index contributed by atoms with van der Waals surface area (Å²) in [5, 5.41) is 34.5. The number of aromatic nitrogens is 3. The van der Waals surface area contributed by atoms with Crippen LogP contribution in [0.5, 0.6) is 0 Å². The summed E-state index contributed by atoms with van der Waals surface area (Å²) in [7, 11) is 0. The third-order valence-corrected chi connectivity index (χ3v) is 2.65. The zero-order valence-corrected chi connectivity index (χ0v) is 10.3. The molecule has 3 N–H and O–H groups in total. The average molecular weight is 281 g/mol. The minimum atomic E-state index is -1.28. The van der Waals surface area contributed by atoms with Gasteiger partial charge in [-0.15, -0.1) is 5.10 Å². The summed E-state index contributed by atoms with van der Waals surface area (Å²) >= 11 is 0. The maximum Gasteiger partial charge on any atom is 0.358 e. The summed E-state index contributed by atoms with van der Waals surface area (Å²) < 4.78 is 14.1. The van der Waals surface area contributed by atoms with Gasteiger partial charge in [-0.2, -0.15) is 0 Å². The molecule has 1 heterocycles. The number of hydrogen-bond donors (Lipinski definition) is 3. The molecule has 0 aliphatic rings. The number of nitrogens with zero attached hydrogens (tertiary/aromatic N) is 3. The Morgan fingerprint density at radius 1 is 1.35 bits per heavy atom. The Hall–Kier alpha value is -2.32. The van der Waals surface area contributed by atoms with Gasteiger partial charge in [-0.25, -0.2) is 13.9 Å². The first kappa shape index (κ1) is 14.1. The lowest BCUT2D eigenvalue weighted by Crippen LogP contribution is -2.21. The second-order valence-electron chi connectivity index (χ2n) is 4.12. The zero-order valence-electron chi connectivity index (χ0n) is 10.3. The summed E-state index contributed by atoms with van der Waals surface area (Å²) in [6.07, 6.45) is -1.10. The van der Waals surface area contributed by atoms with E-state index in [1.165, 1.54) is 24.3 Å². The molecule has 0 saturated heterocycles. The average Bonchev–Trinajstić information content (AvgIpc) is 2.83. The fourth-order valence-corrected chi connectivity index (χ4v) is 1.74. The number of rotatable bonds is 5. The Kier molecular flexibility index (Phi) is 4.06. The Balaban J connectivity index is 2.49. The highest BCUT2D eigenvalue weighted by Gasteiger charge is 2.21. The van der Waals surface area contributed by atoms with Crippen LogP contribution in [0.15, 0.2) is 24.3 Å². The summed E-state index contributed by atoms with van der Waals surface area (Å²) in [6.45, 7) is -0.616. The number of aliphatic hydroxyl groups is 2. The molecule has 0 bridgehead atoms. The monoisotopic (exact) mass is 281 g/mol. The van der Waals surface area contributed by atoms with Crippen molar-refractivity contribution < 1.29 is 24.5 Å². The Labute approximate surface area is 112 Å². The summed E-state index contributed by atoms with van der Waals surface area (Å²) in [5.41, 5.74) is 0.241. The van der Waals surface area contributed by atoms with Gasteiger partial charge in [0.05, 0.1) is 19.3 Å². The predicted octanol–water partition coefficient (Wildman–Crippen LogP) is 0.136. The van der Waals surface area contributed by atoms with Crippen LogP contribution in [0, 0.1) is 5.82 Å². The minimum absolute atomic E-state index is 0.122. The predicted molar refractivity (Wildman–Crippen MR) is 65.5 cm³/mol. The topological polar surface area (TPSA) is 108 Å². The van der Waals surface area contributed by atoms with Crippen LogP contribution in [0.1, 0.15) is 10.5 Å². The molecule has 2 aromatic rings. The number of carboxylic acids is 1. The van der Waals surface area contributed by atoms with E-state index < -0.39 is 24.5 Å². The first-order valence-electron chi connectivity index (χ1n) is 5.74. The molecule has 1 aromatic heterocycles. The lowest BCUT2D eigenvalue weighted by atomic mass is 10.1. The number of halogens is 1. The first-order chi connectivity index (χ1) is 9.52. The highest BCUT2D eigenvalue weighted by molar-refractivity contribution is 5.92. The second kappa shape index (κ2) is 5.76. The van der Waals surface area contributed by atoms with Gasteiger partial charge in [-0.05, 0) is 24.3 Å². The van der Waals surface area contributed by atoms with Crippen molar-refractivity contribution in [2.75, 3.05) is 6.61 Å². The van der Waals surface area contributed by atoms with Crippen molar-refractivity contribution >= 4 is 5.97 Å². The maximum atomic E-state index is 12.9. The van der Waals surface area contributed by atoms with Crippen LogP contribution in [0.4, 0.5) is 4.39 Å². The zero-order chi connectivity index (χ0) is 14.7. The maximum absolute atomic E-state index is 12.9. The molecule has 1 unspecified atom stereocenters. The molecular weight excluding hydrogens is 269 g/mol. The van der Waals surface area contributed by atoms with Gasteiger partial charge in [-0.1, -0.05) is 5.21 Å². The molecule has 7 nitrogen and oxygen atoms in total.